The van der Waals surface area contributed by atoms with Gasteiger partial charge in [-0.25, -0.2) is 4.99 Å². The first kappa shape index (κ1) is 24.2. The highest BCUT2D eigenvalue weighted by atomic mass is 16.5. The van der Waals surface area contributed by atoms with E-state index < -0.39 is 0 Å². The van der Waals surface area contributed by atoms with Crippen molar-refractivity contribution in [2.75, 3.05) is 66.8 Å². The molecule has 0 aliphatic heterocycles. The lowest BCUT2D eigenvalue weighted by atomic mass is 10.2. The molecule has 1 rings (SSSR count). The number of benzene rings is 1. The van der Waals surface area contributed by atoms with E-state index in [2.05, 4.69) is 46.6 Å². The number of hydrogen-bond donors (Lipinski definition) is 2. The lowest BCUT2D eigenvalue weighted by Gasteiger charge is -2.16. The molecule has 7 heteroatoms. The standard InChI is InChI=1S/C21H38N4O3/c1-5-22-21(23-11-8-14-27-6-2)24-18-19-9-7-10-20(17-19)28-16-13-25(3)12-15-26-4/h7,9-10,17H,5-6,8,11-16,18H2,1-4H3,(H2,22,23,24). The van der Waals surface area contributed by atoms with Crippen LogP contribution in [0.2, 0.25) is 0 Å². The van der Waals surface area contributed by atoms with Crippen molar-refractivity contribution in [3.8, 4) is 5.75 Å². The molecule has 0 bridgehead atoms. The smallest absolute Gasteiger partial charge is 0.191 e. The van der Waals surface area contributed by atoms with Crippen molar-refractivity contribution in [2.24, 2.45) is 4.99 Å². The van der Waals surface area contributed by atoms with Gasteiger partial charge < -0.3 is 29.7 Å². The van der Waals surface area contributed by atoms with Gasteiger partial charge in [0.15, 0.2) is 5.96 Å². The lowest BCUT2D eigenvalue weighted by Crippen LogP contribution is -2.38. The molecule has 160 valence electrons. The molecular weight excluding hydrogens is 356 g/mol. The maximum Gasteiger partial charge on any atom is 0.191 e. The van der Waals surface area contributed by atoms with Gasteiger partial charge in [-0.2, -0.15) is 0 Å². The second-order valence-corrected chi connectivity index (χ2v) is 6.46. The van der Waals surface area contributed by atoms with Gasteiger partial charge in [-0.15, -0.1) is 0 Å². The zero-order valence-corrected chi connectivity index (χ0v) is 18.0. The first-order chi connectivity index (χ1) is 13.7. The van der Waals surface area contributed by atoms with E-state index in [0.717, 1.165) is 69.7 Å². The van der Waals surface area contributed by atoms with Crippen LogP contribution in [0.1, 0.15) is 25.8 Å². The number of ether oxygens (including phenoxy) is 3. The van der Waals surface area contributed by atoms with Crippen LogP contribution in [-0.2, 0) is 16.0 Å². The summed E-state index contributed by atoms with van der Waals surface area (Å²) in [4.78, 5) is 6.85. The Labute approximate surface area is 170 Å². The van der Waals surface area contributed by atoms with E-state index in [1.54, 1.807) is 7.11 Å². The summed E-state index contributed by atoms with van der Waals surface area (Å²) in [7, 11) is 3.79. The number of guanidine groups is 1. The molecular formula is C21H38N4O3. The van der Waals surface area contributed by atoms with Crippen LogP contribution in [0.4, 0.5) is 0 Å². The molecule has 0 radical (unpaired) electrons. The summed E-state index contributed by atoms with van der Waals surface area (Å²) in [5.41, 5.74) is 1.12. The van der Waals surface area contributed by atoms with Gasteiger partial charge in [0.1, 0.15) is 12.4 Å². The van der Waals surface area contributed by atoms with Gasteiger partial charge >= 0.3 is 0 Å². The number of aliphatic imine (C=N–C) groups is 1. The molecule has 0 saturated carbocycles. The number of methoxy groups -OCH3 is 1. The molecule has 1 aromatic carbocycles. The van der Waals surface area contributed by atoms with Crippen LogP contribution in [0.15, 0.2) is 29.3 Å². The Bertz CT molecular complexity index is 540. The van der Waals surface area contributed by atoms with Gasteiger partial charge in [-0.1, -0.05) is 12.1 Å². The fourth-order valence-corrected chi connectivity index (χ4v) is 2.45. The van der Waals surface area contributed by atoms with E-state index in [0.29, 0.717) is 13.2 Å². The highest BCUT2D eigenvalue weighted by molar-refractivity contribution is 5.79. The quantitative estimate of drug-likeness (QED) is 0.270. The summed E-state index contributed by atoms with van der Waals surface area (Å²) in [6, 6.07) is 8.12. The summed E-state index contributed by atoms with van der Waals surface area (Å²) in [6.07, 6.45) is 0.959. The fraction of sp³-hybridized carbons (Fsp3) is 0.667. The molecule has 0 spiro atoms. The van der Waals surface area contributed by atoms with E-state index in [1.165, 1.54) is 0 Å². The van der Waals surface area contributed by atoms with E-state index in [4.69, 9.17) is 14.2 Å². The SMILES string of the molecule is CCNC(=NCc1cccc(OCCN(C)CCOC)c1)NCCCOCC. The molecule has 2 N–H and O–H groups in total. The largest absolute Gasteiger partial charge is 0.492 e. The Balaban J connectivity index is 2.44. The minimum absolute atomic E-state index is 0.603. The number of hydrogen-bond acceptors (Lipinski definition) is 5. The zero-order valence-electron chi connectivity index (χ0n) is 18.0. The molecule has 0 fully saturated rings. The lowest BCUT2D eigenvalue weighted by molar-refractivity contribution is 0.145. The summed E-state index contributed by atoms with van der Waals surface area (Å²) in [5, 5.41) is 6.61. The Morgan fingerprint density at radius 3 is 2.68 bits per heavy atom. The van der Waals surface area contributed by atoms with E-state index >= 15 is 0 Å². The van der Waals surface area contributed by atoms with Gasteiger partial charge in [0, 0.05) is 46.5 Å². The molecule has 28 heavy (non-hydrogen) atoms. The summed E-state index contributed by atoms with van der Waals surface area (Å²) >= 11 is 0. The number of nitrogens with one attached hydrogen (secondary N) is 2. The second-order valence-electron chi connectivity index (χ2n) is 6.46. The van der Waals surface area contributed by atoms with E-state index in [-0.39, 0.29) is 0 Å². The fourth-order valence-electron chi connectivity index (χ4n) is 2.45. The molecule has 0 heterocycles. The highest BCUT2D eigenvalue weighted by Gasteiger charge is 2.01. The van der Waals surface area contributed by atoms with E-state index in [9.17, 15) is 0 Å². The van der Waals surface area contributed by atoms with Crippen molar-refractivity contribution in [2.45, 2.75) is 26.8 Å². The number of rotatable bonds is 15. The molecule has 7 nitrogen and oxygen atoms in total. The molecule has 0 aliphatic carbocycles. The normalized spacial score (nSPS) is 11.7. The molecule has 0 saturated heterocycles. The Morgan fingerprint density at radius 1 is 1.11 bits per heavy atom. The predicted octanol–water partition coefficient (Wildman–Crippen LogP) is 2.13. The van der Waals surface area contributed by atoms with Crippen LogP contribution in [0.5, 0.6) is 5.75 Å². The molecule has 0 unspecified atom stereocenters. The summed E-state index contributed by atoms with van der Waals surface area (Å²) in [5.74, 6) is 1.70. The molecule has 0 aliphatic rings. The minimum atomic E-state index is 0.603. The molecule has 1 aromatic rings. The van der Waals surface area contributed by atoms with Crippen molar-refractivity contribution in [3.63, 3.8) is 0 Å². The first-order valence-electron chi connectivity index (χ1n) is 10.2. The van der Waals surface area contributed by atoms with Gasteiger partial charge in [0.25, 0.3) is 0 Å². The Hall–Kier alpha value is -1.83. The Kier molecular flexibility index (Phi) is 14.0. The third kappa shape index (κ3) is 11.8. The van der Waals surface area contributed by atoms with Gasteiger partial charge in [-0.3, -0.25) is 0 Å². The zero-order chi connectivity index (χ0) is 20.5. The van der Waals surface area contributed by atoms with Crippen LogP contribution in [0.3, 0.4) is 0 Å². The average molecular weight is 395 g/mol. The average Bonchev–Trinajstić information content (AvgIpc) is 2.70. The van der Waals surface area contributed by atoms with Crippen molar-refractivity contribution in [1.82, 2.24) is 15.5 Å². The monoisotopic (exact) mass is 394 g/mol. The van der Waals surface area contributed by atoms with Gasteiger partial charge in [-0.05, 0) is 45.0 Å². The van der Waals surface area contributed by atoms with E-state index in [1.807, 2.05) is 19.1 Å². The first-order valence-corrected chi connectivity index (χ1v) is 10.2. The third-order valence-corrected chi connectivity index (χ3v) is 4.04. The van der Waals surface area contributed by atoms with Gasteiger partial charge in [0.2, 0.25) is 0 Å². The molecule has 0 atom stereocenters. The van der Waals surface area contributed by atoms with Crippen LogP contribution < -0.4 is 15.4 Å². The molecule has 0 amide bonds. The van der Waals surface area contributed by atoms with Crippen LogP contribution >= 0.6 is 0 Å². The van der Waals surface area contributed by atoms with Gasteiger partial charge in [0.05, 0.1) is 13.2 Å². The van der Waals surface area contributed by atoms with Crippen molar-refractivity contribution in [3.05, 3.63) is 29.8 Å². The Morgan fingerprint density at radius 2 is 1.93 bits per heavy atom. The van der Waals surface area contributed by atoms with Crippen molar-refractivity contribution in [1.29, 1.82) is 0 Å². The van der Waals surface area contributed by atoms with Crippen LogP contribution in [0.25, 0.3) is 0 Å². The third-order valence-electron chi connectivity index (χ3n) is 4.04. The summed E-state index contributed by atoms with van der Waals surface area (Å²) in [6.45, 7) is 11.0. The predicted molar refractivity (Wildman–Crippen MR) is 115 cm³/mol. The molecule has 0 aromatic heterocycles. The van der Waals surface area contributed by atoms with Crippen molar-refractivity contribution >= 4 is 5.96 Å². The summed E-state index contributed by atoms with van der Waals surface area (Å²) < 4.78 is 16.3. The minimum Gasteiger partial charge on any atom is -0.492 e. The highest BCUT2D eigenvalue weighted by Crippen LogP contribution is 2.14. The van der Waals surface area contributed by atoms with Crippen molar-refractivity contribution < 1.29 is 14.2 Å². The maximum atomic E-state index is 5.88. The number of nitrogens with zero attached hydrogens (tertiary/aromatic N) is 2. The number of likely N-dealkylation sites (N-methyl/N-ethyl adjacent to an activating group) is 1. The van der Waals surface area contributed by atoms with Crippen LogP contribution in [-0.4, -0.2) is 77.6 Å². The maximum absolute atomic E-state index is 5.88. The second kappa shape index (κ2) is 16.2. The topological polar surface area (TPSA) is 67.4 Å². The van der Waals surface area contributed by atoms with Crippen LogP contribution in [0, 0.1) is 0 Å².